The predicted octanol–water partition coefficient (Wildman–Crippen LogP) is 11.0. The molecule has 0 saturated carbocycles. The lowest BCUT2D eigenvalue weighted by Crippen LogP contribution is -1.97. The molecular weight excluding hydrogens is 569 g/mol. The molecule has 0 amide bonds. The standard InChI is InChI=1S/C45H38N2/c1-2-5-31-12-20-37(21-13-31)47-43-23-15-33-7-3-6-32-14-22-42-38(26-32)40-28-34(8-9-35-17-25-45(47)41(29-35)39(43)27-33)16-24-44(40)46(42)36-18-10-30(4-1)11-19-36/h10-29H,1-9H2. The van der Waals surface area contributed by atoms with Gasteiger partial charge in [-0.05, 0) is 164 Å². The van der Waals surface area contributed by atoms with Crippen molar-refractivity contribution in [2.24, 2.45) is 0 Å². The van der Waals surface area contributed by atoms with E-state index in [1.807, 2.05) is 0 Å². The summed E-state index contributed by atoms with van der Waals surface area (Å²) >= 11 is 0. The van der Waals surface area contributed by atoms with Gasteiger partial charge in [0.1, 0.15) is 0 Å². The van der Waals surface area contributed by atoms with E-state index in [2.05, 4.69) is 130 Å². The van der Waals surface area contributed by atoms with Crippen molar-refractivity contribution in [1.29, 1.82) is 0 Å². The van der Waals surface area contributed by atoms with Gasteiger partial charge in [0.15, 0.2) is 0 Å². The van der Waals surface area contributed by atoms with E-state index in [4.69, 9.17) is 0 Å². The summed E-state index contributed by atoms with van der Waals surface area (Å²) in [5, 5.41) is 5.48. The number of fused-ring (bicyclic) bond motifs is 3. The molecule has 2 heteroatoms. The first-order valence-electron chi connectivity index (χ1n) is 17.6. The number of benzene rings is 6. The molecule has 0 spiro atoms. The van der Waals surface area contributed by atoms with Crippen molar-refractivity contribution in [3.8, 4) is 11.4 Å². The summed E-state index contributed by atoms with van der Waals surface area (Å²) in [7, 11) is 0. The van der Waals surface area contributed by atoms with Crippen LogP contribution in [0.3, 0.4) is 0 Å². The second-order valence-corrected chi connectivity index (χ2v) is 14.0. The summed E-state index contributed by atoms with van der Waals surface area (Å²) in [5.41, 5.74) is 16.2. The third kappa shape index (κ3) is 4.53. The lowest BCUT2D eigenvalue weighted by molar-refractivity contribution is 0.734. The minimum atomic E-state index is 1.02. The maximum Gasteiger partial charge on any atom is 0.0541 e. The Hall–Kier alpha value is -5.08. The van der Waals surface area contributed by atoms with E-state index in [9.17, 15) is 0 Å². The van der Waals surface area contributed by atoms with E-state index in [0.717, 1.165) is 44.9 Å². The minimum Gasteiger partial charge on any atom is -0.309 e. The van der Waals surface area contributed by atoms with Crippen molar-refractivity contribution >= 4 is 43.6 Å². The van der Waals surface area contributed by atoms with Crippen LogP contribution in [0.1, 0.15) is 52.6 Å². The van der Waals surface area contributed by atoms with Crippen LogP contribution < -0.4 is 0 Å². The van der Waals surface area contributed by atoms with E-state index in [0.29, 0.717) is 0 Å². The third-order valence-corrected chi connectivity index (χ3v) is 11.0. The maximum absolute atomic E-state index is 2.48. The molecule has 7 aliphatic rings. The lowest BCUT2D eigenvalue weighted by atomic mass is 10.0. The largest absolute Gasteiger partial charge is 0.309 e. The highest BCUT2D eigenvalue weighted by Crippen LogP contribution is 2.36. The Morgan fingerprint density at radius 3 is 0.936 bits per heavy atom. The Kier molecular flexibility index (Phi) is 6.19. The van der Waals surface area contributed by atoms with E-state index >= 15 is 0 Å². The van der Waals surface area contributed by atoms with Crippen molar-refractivity contribution in [2.75, 3.05) is 0 Å². The summed E-state index contributed by atoms with van der Waals surface area (Å²) in [6.07, 6.45) is 9.95. The second-order valence-electron chi connectivity index (χ2n) is 14.0. The van der Waals surface area contributed by atoms with Crippen molar-refractivity contribution < 1.29 is 0 Å². The van der Waals surface area contributed by atoms with Crippen molar-refractivity contribution in [3.63, 3.8) is 0 Å². The predicted molar refractivity (Wildman–Crippen MR) is 198 cm³/mol. The fourth-order valence-electron chi connectivity index (χ4n) is 8.48. The first-order chi connectivity index (χ1) is 23.2. The molecule has 16 bridgehead atoms. The normalized spacial score (nSPS) is 14.9. The zero-order valence-electron chi connectivity index (χ0n) is 26.8. The fraction of sp³-hybridized carbons (Fsp3) is 0.200. The van der Waals surface area contributed by atoms with E-state index in [1.165, 1.54) is 101 Å². The van der Waals surface area contributed by atoms with Crippen LogP contribution in [0.25, 0.3) is 55.0 Å². The van der Waals surface area contributed by atoms with Crippen LogP contribution in [0.15, 0.2) is 121 Å². The number of hydrogen-bond donors (Lipinski definition) is 0. The molecule has 228 valence electrons. The fourth-order valence-corrected chi connectivity index (χ4v) is 8.48. The van der Waals surface area contributed by atoms with Crippen LogP contribution in [-0.4, -0.2) is 9.13 Å². The smallest absolute Gasteiger partial charge is 0.0541 e. The second kappa shape index (κ2) is 10.7. The Labute approximate surface area is 275 Å². The van der Waals surface area contributed by atoms with Crippen molar-refractivity contribution in [3.05, 3.63) is 155 Å². The minimum absolute atomic E-state index is 1.02. The van der Waals surface area contributed by atoms with Gasteiger partial charge in [0.25, 0.3) is 0 Å². The molecule has 15 rings (SSSR count). The Morgan fingerprint density at radius 1 is 0.277 bits per heavy atom. The molecular formula is C45H38N2. The van der Waals surface area contributed by atoms with Crippen molar-refractivity contribution in [2.45, 2.75) is 57.8 Å². The molecule has 0 fully saturated rings. The highest BCUT2D eigenvalue weighted by atomic mass is 15.0. The quantitative estimate of drug-likeness (QED) is 0.163. The first-order valence-corrected chi connectivity index (χ1v) is 17.6. The van der Waals surface area contributed by atoms with Gasteiger partial charge >= 0.3 is 0 Å². The number of nitrogens with zero attached hydrogens (tertiary/aromatic N) is 2. The van der Waals surface area contributed by atoms with Crippen LogP contribution in [-0.2, 0) is 38.5 Å². The van der Waals surface area contributed by atoms with Crippen molar-refractivity contribution in [1.82, 2.24) is 9.13 Å². The zero-order chi connectivity index (χ0) is 30.9. The van der Waals surface area contributed by atoms with Gasteiger partial charge < -0.3 is 9.13 Å². The summed E-state index contributed by atoms with van der Waals surface area (Å²) in [6, 6.07) is 47.6. The molecule has 0 N–H and O–H groups in total. The Balaban J connectivity index is 1.21. The molecule has 6 aromatic carbocycles. The number of aromatic nitrogens is 2. The topological polar surface area (TPSA) is 9.86 Å². The highest BCUT2D eigenvalue weighted by molar-refractivity contribution is 6.10. The number of aryl methyl sites for hydroxylation is 6. The molecule has 0 unspecified atom stereocenters. The summed E-state index contributed by atoms with van der Waals surface area (Å²) in [5.74, 6) is 0. The molecule has 6 aliphatic heterocycles. The van der Waals surface area contributed by atoms with Crippen LogP contribution in [0.5, 0.6) is 0 Å². The maximum atomic E-state index is 2.48. The Bertz CT molecular complexity index is 2290. The number of rotatable bonds is 0. The van der Waals surface area contributed by atoms with Gasteiger partial charge in [-0.2, -0.15) is 0 Å². The van der Waals surface area contributed by atoms with Crippen LogP contribution >= 0.6 is 0 Å². The van der Waals surface area contributed by atoms with Gasteiger partial charge in [-0.3, -0.25) is 0 Å². The molecule has 0 atom stereocenters. The van der Waals surface area contributed by atoms with Gasteiger partial charge in [-0.15, -0.1) is 0 Å². The van der Waals surface area contributed by atoms with E-state index in [1.54, 1.807) is 0 Å². The van der Waals surface area contributed by atoms with Crippen LogP contribution in [0.4, 0.5) is 0 Å². The van der Waals surface area contributed by atoms with E-state index in [-0.39, 0.29) is 0 Å². The first kappa shape index (κ1) is 27.1. The van der Waals surface area contributed by atoms with Gasteiger partial charge in [0, 0.05) is 32.9 Å². The van der Waals surface area contributed by atoms with Gasteiger partial charge in [-0.25, -0.2) is 0 Å². The summed E-state index contributed by atoms with van der Waals surface area (Å²) < 4.78 is 4.97. The molecule has 1 aliphatic carbocycles. The van der Waals surface area contributed by atoms with E-state index < -0.39 is 0 Å². The Morgan fingerprint density at radius 2 is 0.574 bits per heavy atom. The molecule has 8 heterocycles. The molecule has 0 saturated heterocycles. The SMILES string of the molecule is c1cc2ccc1CCCCc1ccc(cc1)-n1c3ccc4cc3c3cc(ccc31)CCc1ccc3c(c1)c1cc(ccc1n3-2)CCC4. The average molecular weight is 607 g/mol. The molecule has 8 aromatic rings. The lowest BCUT2D eigenvalue weighted by Gasteiger charge is -2.11. The van der Waals surface area contributed by atoms with Gasteiger partial charge in [0.05, 0.1) is 22.1 Å². The van der Waals surface area contributed by atoms with Gasteiger partial charge in [0.2, 0.25) is 0 Å². The monoisotopic (exact) mass is 606 g/mol. The van der Waals surface area contributed by atoms with Crippen LogP contribution in [0, 0.1) is 0 Å². The molecule has 47 heavy (non-hydrogen) atoms. The third-order valence-electron chi connectivity index (χ3n) is 11.0. The molecule has 2 aromatic heterocycles. The summed E-state index contributed by atoms with van der Waals surface area (Å²) in [6.45, 7) is 0. The average Bonchev–Trinajstić information content (AvgIpc) is 3.60. The zero-order valence-corrected chi connectivity index (χ0v) is 26.8. The summed E-state index contributed by atoms with van der Waals surface area (Å²) in [4.78, 5) is 0. The van der Waals surface area contributed by atoms with Gasteiger partial charge in [-0.1, -0.05) is 48.5 Å². The highest BCUT2D eigenvalue weighted by Gasteiger charge is 2.17. The number of hydrogen-bond acceptors (Lipinski definition) is 0. The molecule has 2 nitrogen and oxygen atoms in total. The van der Waals surface area contributed by atoms with Crippen LogP contribution in [0.2, 0.25) is 0 Å². The molecule has 0 radical (unpaired) electrons.